The number of nitrogens with zero attached hydrogens (tertiary/aromatic N) is 4. The van der Waals surface area contributed by atoms with Gasteiger partial charge in [-0.1, -0.05) is 13.0 Å². The van der Waals surface area contributed by atoms with Crippen LogP contribution in [0.3, 0.4) is 0 Å². The molecule has 7 heteroatoms. The van der Waals surface area contributed by atoms with Crippen LogP contribution in [-0.2, 0) is 4.79 Å². The van der Waals surface area contributed by atoms with Crippen molar-refractivity contribution in [3.05, 3.63) is 30.1 Å². The van der Waals surface area contributed by atoms with Gasteiger partial charge in [0.15, 0.2) is 0 Å². The molecule has 2 aliphatic rings. The second-order valence-electron chi connectivity index (χ2n) is 8.01. The Morgan fingerprint density at radius 3 is 2.67 bits per heavy atom. The number of β-amino-alcohol motifs (C(OH)–C–C–N with tert-alkyl or cyclic N) is 1. The molecular weight excluding hydrogens is 342 g/mol. The number of anilines is 1. The number of nitrogens with one attached hydrogen (secondary N) is 1. The first-order chi connectivity index (χ1) is 13.0. The van der Waals surface area contributed by atoms with Crippen LogP contribution in [0, 0.1) is 12.8 Å². The number of fused-ring (bicyclic) bond motifs is 1. The minimum absolute atomic E-state index is 0.0366. The lowest BCUT2D eigenvalue weighted by Crippen LogP contribution is -2.56. The zero-order valence-corrected chi connectivity index (χ0v) is 15.9. The van der Waals surface area contributed by atoms with E-state index in [1.54, 1.807) is 12.4 Å². The molecule has 1 aromatic heterocycles. The number of aromatic nitrogens is 2. The second kappa shape index (κ2) is 7.40. The summed E-state index contributed by atoms with van der Waals surface area (Å²) >= 11 is 0. The number of aliphatic hydroxyl groups is 1. The standard InChI is InChI=1S/C20H27N5O2/c1-13-7-15(23-18(27)12-24-10-16(26)11-24)9-25(8-13)17-4-3-14(2)19-20(17)22-6-5-21-19/h3-6,13,15-16,26H,7-12H2,1-2H3,(H,23,27)/t13-,15+/m0/s1. The average molecular weight is 369 g/mol. The highest BCUT2D eigenvalue weighted by Crippen LogP contribution is 2.30. The van der Waals surface area contributed by atoms with Crippen molar-refractivity contribution in [1.29, 1.82) is 0 Å². The Labute approximate surface area is 159 Å². The van der Waals surface area contributed by atoms with Crippen molar-refractivity contribution in [1.82, 2.24) is 20.2 Å². The smallest absolute Gasteiger partial charge is 0.234 e. The number of likely N-dealkylation sites (tertiary alicyclic amines) is 1. The van der Waals surface area contributed by atoms with Gasteiger partial charge in [-0.15, -0.1) is 0 Å². The molecule has 2 fully saturated rings. The number of rotatable bonds is 4. The van der Waals surface area contributed by atoms with Gasteiger partial charge in [0.2, 0.25) is 5.91 Å². The van der Waals surface area contributed by atoms with Crippen LogP contribution in [-0.4, -0.2) is 70.8 Å². The van der Waals surface area contributed by atoms with E-state index in [9.17, 15) is 9.90 Å². The maximum Gasteiger partial charge on any atom is 0.234 e. The Morgan fingerprint density at radius 2 is 1.93 bits per heavy atom. The fraction of sp³-hybridized carbons (Fsp3) is 0.550. The topological polar surface area (TPSA) is 81.6 Å². The molecule has 27 heavy (non-hydrogen) atoms. The van der Waals surface area contributed by atoms with Crippen LogP contribution in [0.15, 0.2) is 24.5 Å². The molecular formula is C20H27N5O2. The Balaban J connectivity index is 1.48. The molecule has 1 aromatic carbocycles. The molecule has 1 amide bonds. The zero-order valence-electron chi connectivity index (χ0n) is 15.9. The van der Waals surface area contributed by atoms with Gasteiger partial charge in [-0.2, -0.15) is 0 Å². The predicted octanol–water partition coefficient (Wildman–Crippen LogP) is 0.946. The normalized spacial score (nSPS) is 24.0. The lowest BCUT2D eigenvalue weighted by atomic mass is 9.95. The largest absolute Gasteiger partial charge is 0.390 e. The molecule has 2 aliphatic heterocycles. The third-order valence-electron chi connectivity index (χ3n) is 5.48. The van der Waals surface area contributed by atoms with E-state index >= 15 is 0 Å². The number of benzene rings is 1. The summed E-state index contributed by atoms with van der Waals surface area (Å²) in [4.78, 5) is 25.7. The Morgan fingerprint density at radius 1 is 1.19 bits per heavy atom. The number of hydrogen-bond acceptors (Lipinski definition) is 6. The highest BCUT2D eigenvalue weighted by Gasteiger charge is 2.30. The van der Waals surface area contributed by atoms with E-state index in [1.807, 2.05) is 4.90 Å². The van der Waals surface area contributed by atoms with Crippen LogP contribution in [0.25, 0.3) is 11.0 Å². The fourth-order valence-electron chi connectivity index (χ4n) is 4.23. The molecule has 2 saturated heterocycles. The molecule has 0 spiro atoms. The number of aliphatic hydroxyl groups excluding tert-OH is 1. The van der Waals surface area contributed by atoms with Gasteiger partial charge in [0, 0.05) is 44.6 Å². The Hall–Kier alpha value is -2.25. The Bertz CT molecular complexity index is 836. The summed E-state index contributed by atoms with van der Waals surface area (Å²) in [5.74, 6) is 0.511. The maximum absolute atomic E-state index is 12.4. The molecule has 2 aromatic rings. The quantitative estimate of drug-likeness (QED) is 0.835. The molecule has 4 rings (SSSR count). The van der Waals surface area contributed by atoms with E-state index in [0.29, 0.717) is 25.6 Å². The van der Waals surface area contributed by atoms with Gasteiger partial charge >= 0.3 is 0 Å². The number of hydrogen-bond donors (Lipinski definition) is 2. The third-order valence-corrected chi connectivity index (χ3v) is 5.48. The van der Waals surface area contributed by atoms with Crippen LogP contribution >= 0.6 is 0 Å². The summed E-state index contributed by atoms with van der Waals surface area (Å²) in [6, 6.07) is 4.32. The molecule has 0 unspecified atom stereocenters. The monoisotopic (exact) mass is 369 g/mol. The van der Waals surface area contributed by atoms with Gasteiger partial charge in [0.1, 0.15) is 5.52 Å². The van der Waals surface area contributed by atoms with E-state index in [2.05, 4.69) is 46.2 Å². The van der Waals surface area contributed by atoms with Crippen LogP contribution in [0.4, 0.5) is 5.69 Å². The first kappa shape index (κ1) is 18.1. The summed E-state index contributed by atoms with van der Waals surface area (Å²) in [6.45, 7) is 7.53. The summed E-state index contributed by atoms with van der Waals surface area (Å²) in [5.41, 5.74) is 4.06. The van der Waals surface area contributed by atoms with Crippen molar-refractivity contribution >= 4 is 22.6 Å². The van der Waals surface area contributed by atoms with Gasteiger partial charge in [0.05, 0.1) is 23.9 Å². The lowest BCUT2D eigenvalue weighted by Gasteiger charge is -2.39. The summed E-state index contributed by atoms with van der Waals surface area (Å²) < 4.78 is 0. The summed E-state index contributed by atoms with van der Waals surface area (Å²) in [7, 11) is 0. The van der Waals surface area contributed by atoms with E-state index in [4.69, 9.17) is 0 Å². The molecule has 0 aliphatic carbocycles. The first-order valence-electron chi connectivity index (χ1n) is 9.64. The SMILES string of the molecule is Cc1ccc(N2C[C@@H](C)C[C@@H](NC(=O)CN3CC(O)C3)C2)c2nccnc12. The zero-order chi connectivity index (χ0) is 19.0. The van der Waals surface area contributed by atoms with E-state index in [0.717, 1.165) is 41.8 Å². The molecule has 7 nitrogen and oxygen atoms in total. The predicted molar refractivity (Wildman–Crippen MR) is 105 cm³/mol. The number of carbonyl (C=O) groups is 1. The highest BCUT2D eigenvalue weighted by molar-refractivity contribution is 5.90. The van der Waals surface area contributed by atoms with Crippen molar-refractivity contribution in [2.45, 2.75) is 32.4 Å². The molecule has 0 bridgehead atoms. The fourth-order valence-corrected chi connectivity index (χ4v) is 4.23. The van der Waals surface area contributed by atoms with Gasteiger partial charge in [-0.3, -0.25) is 19.7 Å². The average Bonchev–Trinajstić information content (AvgIpc) is 2.60. The molecule has 3 heterocycles. The van der Waals surface area contributed by atoms with E-state index < -0.39 is 0 Å². The van der Waals surface area contributed by atoms with Gasteiger partial charge in [-0.25, -0.2) is 0 Å². The van der Waals surface area contributed by atoms with Gasteiger partial charge in [-0.05, 0) is 30.9 Å². The van der Waals surface area contributed by atoms with Crippen molar-refractivity contribution in [3.63, 3.8) is 0 Å². The molecule has 0 radical (unpaired) electrons. The third kappa shape index (κ3) is 3.89. The lowest BCUT2D eigenvalue weighted by molar-refractivity contribution is -0.125. The van der Waals surface area contributed by atoms with Crippen molar-refractivity contribution < 1.29 is 9.90 Å². The van der Waals surface area contributed by atoms with Crippen molar-refractivity contribution in [2.24, 2.45) is 5.92 Å². The summed E-state index contributed by atoms with van der Waals surface area (Å²) in [6.07, 6.45) is 4.16. The molecule has 0 saturated carbocycles. The second-order valence-corrected chi connectivity index (χ2v) is 8.01. The van der Waals surface area contributed by atoms with Crippen molar-refractivity contribution in [3.8, 4) is 0 Å². The van der Waals surface area contributed by atoms with Gasteiger partial charge in [0.25, 0.3) is 0 Å². The molecule has 144 valence electrons. The first-order valence-corrected chi connectivity index (χ1v) is 9.64. The number of aryl methyl sites for hydroxylation is 1. The maximum atomic E-state index is 12.4. The Kier molecular flexibility index (Phi) is 4.97. The molecule has 2 N–H and O–H groups in total. The van der Waals surface area contributed by atoms with E-state index in [-0.39, 0.29) is 18.1 Å². The van der Waals surface area contributed by atoms with E-state index in [1.165, 1.54) is 0 Å². The van der Waals surface area contributed by atoms with Crippen LogP contribution in [0.1, 0.15) is 18.9 Å². The van der Waals surface area contributed by atoms with Crippen LogP contribution < -0.4 is 10.2 Å². The number of carbonyl (C=O) groups excluding carboxylic acids is 1. The number of piperidine rings is 1. The molecule has 2 atom stereocenters. The van der Waals surface area contributed by atoms with Gasteiger partial charge < -0.3 is 15.3 Å². The summed E-state index contributed by atoms with van der Waals surface area (Å²) in [5, 5.41) is 12.5. The minimum Gasteiger partial charge on any atom is -0.390 e. The van der Waals surface area contributed by atoms with Crippen LogP contribution in [0.2, 0.25) is 0 Å². The van der Waals surface area contributed by atoms with Crippen LogP contribution in [0.5, 0.6) is 0 Å². The highest BCUT2D eigenvalue weighted by atomic mass is 16.3. The van der Waals surface area contributed by atoms with Crippen molar-refractivity contribution in [2.75, 3.05) is 37.6 Å². The number of amides is 1. The minimum atomic E-state index is -0.279.